The molecule has 0 radical (unpaired) electrons. The zero-order valence-electron chi connectivity index (χ0n) is 11.4. The fraction of sp³-hybridized carbons (Fsp3) is 0.400. The third-order valence-corrected chi connectivity index (χ3v) is 4.77. The summed E-state index contributed by atoms with van der Waals surface area (Å²) in [6.45, 7) is 0. The second kappa shape index (κ2) is 5.20. The van der Waals surface area contributed by atoms with Crippen LogP contribution >= 0.6 is 15.9 Å². The molecule has 1 heterocycles. The molecule has 106 valence electrons. The monoisotopic (exact) mass is 337 g/mol. The molecule has 1 aromatic carbocycles. The van der Waals surface area contributed by atoms with Crippen LogP contribution < -0.4 is 5.73 Å². The molecule has 3 rings (SSSR count). The van der Waals surface area contributed by atoms with Crippen molar-refractivity contribution in [3.05, 3.63) is 34.3 Å². The van der Waals surface area contributed by atoms with Gasteiger partial charge in [-0.05, 0) is 31.0 Å². The first kappa shape index (κ1) is 13.6. The third kappa shape index (κ3) is 2.24. The van der Waals surface area contributed by atoms with Crippen molar-refractivity contribution >= 4 is 21.7 Å². The highest BCUT2D eigenvalue weighted by molar-refractivity contribution is 9.10. The quantitative estimate of drug-likeness (QED) is 0.891. The molecule has 5 heteroatoms. The van der Waals surface area contributed by atoms with Crippen LogP contribution in [-0.4, -0.2) is 9.55 Å². The van der Waals surface area contributed by atoms with Gasteiger partial charge in [-0.25, -0.2) is 9.37 Å². The molecule has 0 aliphatic heterocycles. The van der Waals surface area contributed by atoms with Gasteiger partial charge in [0.1, 0.15) is 23.2 Å². The molecule has 2 aromatic rings. The van der Waals surface area contributed by atoms with E-state index in [1.54, 1.807) is 6.07 Å². The van der Waals surface area contributed by atoms with Gasteiger partial charge in [0, 0.05) is 23.0 Å². The number of aromatic nitrogens is 2. The summed E-state index contributed by atoms with van der Waals surface area (Å²) in [7, 11) is 1.94. The van der Waals surface area contributed by atoms with Gasteiger partial charge in [0.2, 0.25) is 0 Å². The lowest BCUT2D eigenvalue weighted by Gasteiger charge is -2.08. The van der Waals surface area contributed by atoms with Gasteiger partial charge in [0.15, 0.2) is 0 Å². The first-order chi connectivity index (χ1) is 9.58. The number of hydrogen-bond donors (Lipinski definition) is 1. The van der Waals surface area contributed by atoms with E-state index in [1.165, 1.54) is 25.0 Å². The summed E-state index contributed by atoms with van der Waals surface area (Å²) < 4.78 is 16.2. The van der Waals surface area contributed by atoms with Crippen molar-refractivity contribution in [3.8, 4) is 11.3 Å². The number of anilines is 1. The highest BCUT2D eigenvalue weighted by atomic mass is 79.9. The number of nitrogens with zero attached hydrogens (tertiary/aromatic N) is 2. The SMILES string of the molecule is Cn1c(C2CCCC2)nc(-c2cc(F)ccc2Br)c1N. The lowest BCUT2D eigenvalue weighted by Crippen LogP contribution is -2.05. The minimum atomic E-state index is -0.282. The van der Waals surface area contributed by atoms with E-state index in [1.807, 2.05) is 11.6 Å². The van der Waals surface area contributed by atoms with Crippen molar-refractivity contribution in [3.63, 3.8) is 0 Å². The van der Waals surface area contributed by atoms with Crippen LogP contribution in [0.3, 0.4) is 0 Å². The Morgan fingerprint density at radius 1 is 1.35 bits per heavy atom. The molecule has 1 fully saturated rings. The molecular weight excluding hydrogens is 321 g/mol. The Morgan fingerprint density at radius 2 is 2.05 bits per heavy atom. The van der Waals surface area contributed by atoms with Gasteiger partial charge in [0.05, 0.1) is 0 Å². The summed E-state index contributed by atoms with van der Waals surface area (Å²) in [5.41, 5.74) is 7.56. The summed E-state index contributed by atoms with van der Waals surface area (Å²) in [5, 5.41) is 0. The van der Waals surface area contributed by atoms with Crippen LogP contribution in [0.4, 0.5) is 10.2 Å². The van der Waals surface area contributed by atoms with Crippen LogP contribution in [0.15, 0.2) is 22.7 Å². The van der Waals surface area contributed by atoms with E-state index < -0.39 is 0 Å². The van der Waals surface area contributed by atoms with Gasteiger partial charge >= 0.3 is 0 Å². The van der Waals surface area contributed by atoms with Crippen LogP contribution in [0, 0.1) is 5.82 Å². The summed E-state index contributed by atoms with van der Waals surface area (Å²) in [6, 6.07) is 4.58. The molecule has 0 bridgehead atoms. The van der Waals surface area contributed by atoms with E-state index in [2.05, 4.69) is 15.9 Å². The summed E-state index contributed by atoms with van der Waals surface area (Å²) >= 11 is 3.45. The van der Waals surface area contributed by atoms with Gasteiger partial charge in [-0.2, -0.15) is 0 Å². The second-order valence-electron chi connectivity index (χ2n) is 5.37. The largest absolute Gasteiger partial charge is 0.383 e. The molecule has 1 aromatic heterocycles. The number of halogens is 2. The van der Waals surface area contributed by atoms with Gasteiger partial charge in [-0.15, -0.1) is 0 Å². The van der Waals surface area contributed by atoms with Gasteiger partial charge < -0.3 is 10.3 Å². The maximum absolute atomic E-state index is 13.5. The van der Waals surface area contributed by atoms with E-state index in [-0.39, 0.29) is 5.82 Å². The van der Waals surface area contributed by atoms with E-state index >= 15 is 0 Å². The zero-order chi connectivity index (χ0) is 14.3. The smallest absolute Gasteiger partial charge is 0.131 e. The van der Waals surface area contributed by atoms with Crippen LogP contribution in [0.25, 0.3) is 11.3 Å². The number of rotatable bonds is 2. The highest BCUT2D eigenvalue weighted by Crippen LogP contribution is 2.38. The average Bonchev–Trinajstić information content (AvgIpc) is 3.04. The summed E-state index contributed by atoms with van der Waals surface area (Å²) in [4.78, 5) is 4.70. The normalized spacial score (nSPS) is 15.9. The van der Waals surface area contributed by atoms with E-state index in [0.717, 1.165) is 23.1 Å². The first-order valence-corrected chi connectivity index (χ1v) is 7.64. The molecule has 3 nitrogen and oxygen atoms in total. The molecule has 0 amide bonds. The first-order valence-electron chi connectivity index (χ1n) is 6.85. The zero-order valence-corrected chi connectivity index (χ0v) is 13.0. The van der Waals surface area contributed by atoms with Crippen LogP contribution in [0.5, 0.6) is 0 Å². The molecule has 0 unspecified atom stereocenters. The lowest BCUT2D eigenvalue weighted by atomic mass is 10.1. The standard InChI is InChI=1S/C15H17BrFN3/c1-20-14(18)13(11-8-10(17)6-7-12(11)16)19-15(20)9-4-2-3-5-9/h6-9H,2-5,18H2,1H3. The molecule has 1 saturated carbocycles. The Morgan fingerprint density at radius 3 is 2.75 bits per heavy atom. The fourth-order valence-electron chi connectivity index (χ4n) is 2.96. The molecule has 1 aliphatic rings. The van der Waals surface area contributed by atoms with Crippen LogP contribution in [-0.2, 0) is 7.05 Å². The van der Waals surface area contributed by atoms with Gasteiger partial charge in [0.25, 0.3) is 0 Å². The van der Waals surface area contributed by atoms with Gasteiger partial charge in [-0.3, -0.25) is 0 Å². The van der Waals surface area contributed by atoms with Crippen molar-refractivity contribution in [2.45, 2.75) is 31.6 Å². The van der Waals surface area contributed by atoms with Crippen molar-refractivity contribution in [2.24, 2.45) is 7.05 Å². The van der Waals surface area contributed by atoms with E-state index in [9.17, 15) is 4.39 Å². The molecular formula is C15H17BrFN3. The average molecular weight is 338 g/mol. The Bertz CT molecular complexity index is 645. The minimum absolute atomic E-state index is 0.282. The number of nitrogen functional groups attached to an aromatic ring is 1. The van der Waals surface area contributed by atoms with Crippen LogP contribution in [0.2, 0.25) is 0 Å². The van der Waals surface area contributed by atoms with E-state index in [4.69, 9.17) is 10.7 Å². The number of imidazole rings is 1. The molecule has 1 aliphatic carbocycles. The minimum Gasteiger partial charge on any atom is -0.383 e. The van der Waals surface area contributed by atoms with Crippen molar-refractivity contribution in [1.29, 1.82) is 0 Å². The Hall–Kier alpha value is -1.36. The molecule has 0 atom stereocenters. The second-order valence-corrected chi connectivity index (χ2v) is 6.22. The fourth-order valence-corrected chi connectivity index (χ4v) is 3.39. The lowest BCUT2D eigenvalue weighted by molar-refractivity contribution is 0.628. The molecule has 20 heavy (non-hydrogen) atoms. The predicted octanol–water partition coefficient (Wildman–Crippen LogP) is 4.23. The molecule has 2 N–H and O–H groups in total. The molecule has 0 saturated heterocycles. The number of benzene rings is 1. The van der Waals surface area contributed by atoms with Crippen molar-refractivity contribution in [1.82, 2.24) is 9.55 Å². The number of nitrogens with two attached hydrogens (primary N) is 1. The maximum atomic E-state index is 13.5. The topological polar surface area (TPSA) is 43.8 Å². The highest BCUT2D eigenvalue weighted by Gasteiger charge is 2.25. The van der Waals surface area contributed by atoms with Crippen LogP contribution in [0.1, 0.15) is 37.4 Å². The Labute approximate surface area is 126 Å². The predicted molar refractivity (Wildman–Crippen MR) is 81.9 cm³/mol. The summed E-state index contributed by atoms with van der Waals surface area (Å²) in [6.07, 6.45) is 4.81. The van der Waals surface area contributed by atoms with Crippen molar-refractivity contribution < 1.29 is 4.39 Å². The van der Waals surface area contributed by atoms with Gasteiger partial charge in [-0.1, -0.05) is 28.8 Å². The molecule has 0 spiro atoms. The number of hydrogen-bond acceptors (Lipinski definition) is 2. The maximum Gasteiger partial charge on any atom is 0.131 e. The van der Waals surface area contributed by atoms with E-state index in [0.29, 0.717) is 23.0 Å². The summed E-state index contributed by atoms with van der Waals surface area (Å²) in [5.74, 6) is 1.81. The Kier molecular flexibility index (Phi) is 3.54. The third-order valence-electron chi connectivity index (χ3n) is 4.08. The Balaban J connectivity index is 2.10. The van der Waals surface area contributed by atoms with Crippen molar-refractivity contribution in [2.75, 3.05) is 5.73 Å².